The van der Waals surface area contributed by atoms with Crippen LogP contribution in [0.15, 0.2) is 24.3 Å². The van der Waals surface area contributed by atoms with Gasteiger partial charge in [-0.15, -0.1) is 0 Å². The molecule has 0 aromatic heterocycles. The number of rotatable bonds is 3. The van der Waals surface area contributed by atoms with Crippen molar-refractivity contribution >= 4 is 17.5 Å². The van der Waals surface area contributed by atoms with Crippen LogP contribution in [0.4, 0.5) is 0 Å². The van der Waals surface area contributed by atoms with Gasteiger partial charge in [0.05, 0.1) is 0 Å². The fourth-order valence-corrected chi connectivity index (χ4v) is 0.980. The second-order valence-corrected chi connectivity index (χ2v) is 2.77. The quantitative estimate of drug-likeness (QED) is 0.576. The van der Waals surface area contributed by atoms with Crippen LogP contribution < -0.4 is 0 Å². The van der Waals surface area contributed by atoms with Gasteiger partial charge < -0.3 is 5.11 Å². The first-order valence-corrected chi connectivity index (χ1v) is 3.91. The molecular formula is C10H8O4. The molecule has 0 aliphatic rings. The lowest BCUT2D eigenvalue weighted by molar-refractivity contribution is -0.131. The van der Waals surface area contributed by atoms with E-state index in [-0.39, 0.29) is 11.3 Å². The Morgan fingerprint density at radius 2 is 1.43 bits per heavy atom. The summed E-state index contributed by atoms with van der Waals surface area (Å²) in [4.78, 5) is 32.1. The van der Waals surface area contributed by atoms with Crippen molar-refractivity contribution < 1.29 is 19.5 Å². The molecule has 0 saturated carbocycles. The molecule has 1 rings (SSSR count). The summed E-state index contributed by atoms with van der Waals surface area (Å²) in [5.74, 6) is -2.60. The molecule has 0 heterocycles. The van der Waals surface area contributed by atoms with Crippen molar-refractivity contribution in [3.05, 3.63) is 35.4 Å². The molecule has 0 unspecified atom stereocenters. The molecule has 0 atom stereocenters. The van der Waals surface area contributed by atoms with E-state index in [1.807, 2.05) is 0 Å². The molecule has 0 aliphatic heterocycles. The molecule has 72 valence electrons. The highest BCUT2D eigenvalue weighted by Gasteiger charge is 2.13. The first-order valence-electron chi connectivity index (χ1n) is 3.91. The van der Waals surface area contributed by atoms with Crippen LogP contribution in [0.1, 0.15) is 27.6 Å². The van der Waals surface area contributed by atoms with Gasteiger partial charge in [0.1, 0.15) is 0 Å². The van der Waals surface area contributed by atoms with Crippen molar-refractivity contribution in [3.8, 4) is 0 Å². The molecule has 1 aromatic carbocycles. The first kappa shape index (κ1) is 10.1. The van der Waals surface area contributed by atoms with Crippen LogP contribution in [0.25, 0.3) is 0 Å². The SMILES string of the molecule is CC(=O)c1ccc(C(=O)C(=O)O)cc1. The third-order valence-electron chi connectivity index (χ3n) is 1.75. The zero-order valence-corrected chi connectivity index (χ0v) is 7.48. The fraction of sp³-hybridized carbons (Fsp3) is 0.100. The van der Waals surface area contributed by atoms with E-state index >= 15 is 0 Å². The number of carbonyl (C=O) groups excluding carboxylic acids is 2. The zero-order chi connectivity index (χ0) is 10.7. The lowest BCUT2D eigenvalue weighted by atomic mass is 10.1. The van der Waals surface area contributed by atoms with Crippen molar-refractivity contribution in [1.29, 1.82) is 0 Å². The van der Waals surface area contributed by atoms with Crippen molar-refractivity contribution in [2.75, 3.05) is 0 Å². The van der Waals surface area contributed by atoms with Crippen molar-refractivity contribution in [3.63, 3.8) is 0 Å². The Labute approximate surface area is 80.2 Å². The van der Waals surface area contributed by atoms with E-state index < -0.39 is 11.8 Å². The van der Waals surface area contributed by atoms with Crippen LogP contribution in [0, 0.1) is 0 Å². The van der Waals surface area contributed by atoms with E-state index in [2.05, 4.69) is 0 Å². The number of aliphatic carboxylic acids is 1. The molecule has 0 radical (unpaired) electrons. The molecule has 1 N–H and O–H groups in total. The van der Waals surface area contributed by atoms with E-state index in [0.29, 0.717) is 5.56 Å². The third-order valence-corrected chi connectivity index (χ3v) is 1.75. The summed E-state index contributed by atoms with van der Waals surface area (Å²) in [7, 11) is 0. The minimum Gasteiger partial charge on any atom is -0.475 e. The van der Waals surface area contributed by atoms with Crippen molar-refractivity contribution in [2.45, 2.75) is 6.92 Å². The molecule has 0 spiro atoms. The van der Waals surface area contributed by atoms with E-state index in [1.54, 1.807) is 0 Å². The minimum atomic E-state index is -1.50. The number of hydrogen-bond acceptors (Lipinski definition) is 3. The van der Waals surface area contributed by atoms with Gasteiger partial charge in [-0.3, -0.25) is 9.59 Å². The van der Waals surface area contributed by atoms with Crippen LogP contribution in [0.5, 0.6) is 0 Å². The third kappa shape index (κ3) is 2.04. The normalized spacial score (nSPS) is 9.50. The Balaban J connectivity index is 3.00. The van der Waals surface area contributed by atoms with Crippen LogP contribution in [0.3, 0.4) is 0 Å². The summed E-state index contributed by atoms with van der Waals surface area (Å²) in [6, 6.07) is 5.51. The summed E-state index contributed by atoms with van der Waals surface area (Å²) < 4.78 is 0. The number of benzene rings is 1. The van der Waals surface area contributed by atoms with Crippen LogP contribution in [0.2, 0.25) is 0 Å². The van der Waals surface area contributed by atoms with E-state index in [4.69, 9.17) is 5.11 Å². The highest BCUT2D eigenvalue weighted by Crippen LogP contribution is 2.05. The summed E-state index contributed by atoms with van der Waals surface area (Å²) in [5.41, 5.74) is 0.523. The Hall–Kier alpha value is -1.97. The van der Waals surface area contributed by atoms with Gasteiger partial charge in [-0.25, -0.2) is 4.79 Å². The van der Waals surface area contributed by atoms with Gasteiger partial charge >= 0.3 is 5.97 Å². The van der Waals surface area contributed by atoms with Crippen LogP contribution in [-0.4, -0.2) is 22.6 Å². The van der Waals surface area contributed by atoms with E-state index in [9.17, 15) is 14.4 Å². The highest BCUT2D eigenvalue weighted by molar-refractivity contribution is 6.39. The summed E-state index contributed by atoms with van der Waals surface area (Å²) in [6.07, 6.45) is 0. The minimum absolute atomic E-state index is 0.0718. The first-order chi connectivity index (χ1) is 6.52. The molecule has 0 aliphatic carbocycles. The van der Waals surface area contributed by atoms with E-state index in [1.165, 1.54) is 31.2 Å². The predicted octanol–water partition coefficient (Wildman–Crippen LogP) is 1.16. The molecule has 4 nitrogen and oxygen atoms in total. The molecule has 0 amide bonds. The maximum Gasteiger partial charge on any atom is 0.377 e. The van der Waals surface area contributed by atoms with Gasteiger partial charge in [0.25, 0.3) is 5.78 Å². The van der Waals surface area contributed by atoms with Crippen molar-refractivity contribution in [2.24, 2.45) is 0 Å². The number of ketones is 2. The number of hydrogen-bond donors (Lipinski definition) is 1. The Morgan fingerprint density at radius 1 is 1.00 bits per heavy atom. The average molecular weight is 192 g/mol. The summed E-state index contributed by atoms with van der Waals surface area (Å²) in [6.45, 7) is 1.40. The number of Topliss-reactive ketones (excluding diaryl/α,β-unsaturated/α-hetero) is 2. The van der Waals surface area contributed by atoms with Crippen LogP contribution in [-0.2, 0) is 4.79 Å². The molecule has 14 heavy (non-hydrogen) atoms. The summed E-state index contributed by atoms with van der Waals surface area (Å²) >= 11 is 0. The lowest BCUT2D eigenvalue weighted by Gasteiger charge is -1.97. The topological polar surface area (TPSA) is 71.4 Å². The highest BCUT2D eigenvalue weighted by atomic mass is 16.4. The lowest BCUT2D eigenvalue weighted by Crippen LogP contribution is -2.12. The standard InChI is InChI=1S/C10H8O4/c1-6(11)7-2-4-8(5-3-7)9(12)10(13)14/h2-5H,1H3,(H,13,14). The largest absolute Gasteiger partial charge is 0.475 e. The number of carboxylic acids is 1. The van der Waals surface area contributed by atoms with Crippen molar-refractivity contribution in [1.82, 2.24) is 0 Å². The second-order valence-electron chi connectivity index (χ2n) is 2.77. The van der Waals surface area contributed by atoms with E-state index in [0.717, 1.165) is 0 Å². The fourth-order valence-electron chi connectivity index (χ4n) is 0.980. The molecule has 0 saturated heterocycles. The maximum atomic E-state index is 10.9. The molecule has 0 bridgehead atoms. The van der Waals surface area contributed by atoms with Crippen LogP contribution >= 0.6 is 0 Å². The zero-order valence-electron chi connectivity index (χ0n) is 7.48. The van der Waals surface area contributed by atoms with Gasteiger partial charge in [-0.2, -0.15) is 0 Å². The maximum absolute atomic E-state index is 10.9. The Bertz CT molecular complexity index is 389. The van der Waals surface area contributed by atoms with Gasteiger partial charge in [0.2, 0.25) is 0 Å². The monoisotopic (exact) mass is 192 g/mol. The molecule has 4 heteroatoms. The Morgan fingerprint density at radius 3 is 1.79 bits per heavy atom. The smallest absolute Gasteiger partial charge is 0.377 e. The number of carbonyl (C=O) groups is 3. The predicted molar refractivity (Wildman–Crippen MR) is 48.4 cm³/mol. The number of carboxylic acid groups (broad SMARTS) is 1. The van der Waals surface area contributed by atoms with Gasteiger partial charge in [-0.05, 0) is 6.92 Å². The Kier molecular flexibility index (Phi) is 2.76. The van der Waals surface area contributed by atoms with Gasteiger partial charge in [0.15, 0.2) is 5.78 Å². The average Bonchev–Trinajstić information content (AvgIpc) is 2.16. The van der Waals surface area contributed by atoms with Gasteiger partial charge in [0, 0.05) is 11.1 Å². The van der Waals surface area contributed by atoms with Gasteiger partial charge in [-0.1, -0.05) is 24.3 Å². The molecule has 1 aromatic rings. The molecular weight excluding hydrogens is 184 g/mol. The second kappa shape index (κ2) is 3.83. The molecule has 0 fully saturated rings. The summed E-state index contributed by atoms with van der Waals surface area (Å²) in [5, 5.41) is 8.40.